The van der Waals surface area contributed by atoms with Crippen LogP contribution in [0.15, 0.2) is 67.0 Å². The molecule has 1 fully saturated rings. The van der Waals surface area contributed by atoms with Crippen LogP contribution in [0.25, 0.3) is 6.08 Å². The van der Waals surface area contributed by atoms with Gasteiger partial charge in [-0.1, -0.05) is 48.5 Å². The molecule has 5 nitrogen and oxygen atoms in total. The van der Waals surface area contributed by atoms with Crippen LogP contribution in [-0.2, 0) is 19.4 Å². The van der Waals surface area contributed by atoms with Gasteiger partial charge in [0.05, 0.1) is 6.20 Å². The van der Waals surface area contributed by atoms with Crippen LogP contribution in [0.5, 0.6) is 0 Å². The van der Waals surface area contributed by atoms with Gasteiger partial charge in [0.1, 0.15) is 0 Å². The zero-order valence-electron chi connectivity index (χ0n) is 19.3. The van der Waals surface area contributed by atoms with Crippen molar-refractivity contribution in [2.75, 3.05) is 7.05 Å². The fourth-order valence-electron chi connectivity index (χ4n) is 4.92. The molecule has 5 rings (SSSR count). The molecule has 2 aliphatic rings. The van der Waals surface area contributed by atoms with E-state index in [4.69, 9.17) is 0 Å². The number of aromatic amines is 1. The first-order valence-corrected chi connectivity index (χ1v) is 12.0. The molecule has 170 valence electrons. The summed E-state index contributed by atoms with van der Waals surface area (Å²) in [6.07, 6.45) is 12.3. The van der Waals surface area contributed by atoms with Crippen molar-refractivity contribution in [3.05, 3.63) is 94.9 Å². The van der Waals surface area contributed by atoms with Crippen molar-refractivity contribution in [1.82, 2.24) is 20.0 Å². The van der Waals surface area contributed by atoms with Gasteiger partial charge in [0.2, 0.25) is 0 Å². The van der Waals surface area contributed by atoms with Crippen molar-refractivity contribution in [3.63, 3.8) is 0 Å². The Balaban J connectivity index is 1.33. The third-order valence-electron chi connectivity index (χ3n) is 6.82. The van der Waals surface area contributed by atoms with Gasteiger partial charge in [-0.2, -0.15) is 5.10 Å². The minimum absolute atomic E-state index is 0.178. The Kier molecular flexibility index (Phi) is 6.29. The highest BCUT2D eigenvalue weighted by Crippen LogP contribution is 2.34. The van der Waals surface area contributed by atoms with E-state index in [1.807, 2.05) is 30.5 Å². The molecule has 0 aliphatic heterocycles. The summed E-state index contributed by atoms with van der Waals surface area (Å²) in [7, 11) is 2.07. The van der Waals surface area contributed by atoms with Crippen molar-refractivity contribution in [2.24, 2.45) is 0 Å². The Morgan fingerprint density at radius 1 is 1.00 bits per heavy atom. The fourth-order valence-corrected chi connectivity index (χ4v) is 4.92. The van der Waals surface area contributed by atoms with E-state index in [0.717, 1.165) is 56.2 Å². The van der Waals surface area contributed by atoms with E-state index in [-0.39, 0.29) is 11.9 Å². The van der Waals surface area contributed by atoms with E-state index in [9.17, 15) is 4.79 Å². The van der Waals surface area contributed by atoms with Gasteiger partial charge in [-0.25, -0.2) is 0 Å². The zero-order valence-corrected chi connectivity index (χ0v) is 19.3. The number of carbonyl (C=O) groups excluding carboxylic acids is 1. The van der Waals surface area contributed by atoms with E-state index >= 15 is 0 Å². The molecule has 0 spiro atoms. The number of nitrogens with one attached hydrogen (secondary N) is 1. The highest BCUT2D eigenvalue weighted by atomic mass is 16.2. The summed E-state index contributed by atoms with van der Waals surface area (Å²) in [6, 6.07) is 19.1. The summed E-state index contributed by atoms with van der Waals surface area (Å²) in [5.41, 5.74) is 5.60. The largest absolute Gasteiger partial charge is 0.376 e. The topological polar surface area (TPSA) is 52.2 Å². The van der Waals surface area contributed by atoms with Crippen LogP contribution in [-0.4, -0.2) is 45.0 Å². The molecule has 1 atom stereocenters. The maximum Gasteiger partial charge on any atom is 0.254 e. The predicted octanol–water partition coefficient (Wildman–Crippen LogP) is 5.06. The lowest BCUT2D eigenvalue weighted by molar-refractivity contribution is 0.0642. The SMILES string of the molecule is CN(/C=C\c1ccccc1C(=O)N(C1CCc2cn[nH]c2CC1)C1CC1)Cc1ccccc1. The second kappa shape index (κ2) is 9.65. The molecule has 0 saturated heterocycles. The van der Waals surface area contributed by atoms with Crippen LogP contribution in [0.1, 0.15) is 58.4 Å². The van der Waals surface area contributed by atoms with Crippen molar-refractivity contribution >= 4 is 12.0 Å². The van der Waals surface area contributed by atoms with Crippen molar-refractivity contribution in [2.45, 2.75) is 57.2 Å². The lowest BCUT2D eigenvalue weighted by atomic mass is 10.0. The minimum Gasteiger partial charge on any atom is -0.376 e. The van der Waals surface area contributed by atoms with Crippen LogP contribution in [0, 0.1) is 0 Å². The van der Waals surface area contributed by atoms with E-state index < -0.39 is 0 Å². The molecular formula is C28H32N4O. The molecule has 1 unspecified atom stereocenters. The third-order valence-corrected chi connectivity index (χ3v) is 6.82. The van der Waals surface area contributed by atoms with Gasteiger partial charge in [0.25, 0.3) is 5.91 Å². The summed E-state index contributed by atoms with van der Waals surface area (Å²) in [6.45, 7) is 0.832. The number of carbonyl (C=O) groups is 1. The van der Waals surface area contributed by atoms with Gasteiger partial charge >= 0.3 is 0 Å². The van der Waals surface area contributed by atoms with Gasteiger partial charge in [-0.15, -0.1) is 0 Å². The van der Waals surface area contributed by atoms with Gasteiger partial charge in [-0.3, -0.25) is 9.89 Å². The summed E-state index contributed by atoms with van der Waals surface area (Å²) < 4.78 is 0. The van der Waals surface area contributed by atoms with Gasteiger partial charge < -0.3 is 9.80 Å². The standard InChI is InChI=1S/C28H32N4O/c1-31(20-21-7-3-2-4-8-21)18-17-22-9-5-6-10-26(22)28(33)32(25-13-14-25)24-12-11-23-19-29-30-27(23)16-15-24/h2-10,17-19,24-25H,11-16,20H2,1H3,(H,29,30)/b18-17-. The first kappa shape index (κ1) is 21.5. The van der Waals surface area contributed by atoms with E-state index in [2.05, 4.69) is 69.7 Å². The number of fused-ring (bicyclic) bond motifs is 1. The van der Waals surface area contributed by atoms with Gasteiger partial charge in [0.15, 0.2) is 0 Å². The summed E-state index contributed by atoms with van der Waals surface area (Å²) in [4.78, 5) is 18.2. The van der Waals surface area contributed by atoms with Crippen LogP contribution in [0.4, 0.5) is 0 Å². The molecule has 1 N–H and O–H groups in total. The molecule has 1 heterocycles. The van der Waals surface area contributed by atoms with Crippen LogP contribution < -0.4 is 0 Å². The third kappa shape index (κ3) is 5.03. The fraction of sp³-hybridized carbons (Fsp3) is 0.357. The molecular weight excluding hydrogens is 408 g/mol. The quantitative estimate of drug-likeness (QED) is 0.522. The molecule has 3 aromatic rings. The monoisotopic (exact) mass is 440 g/mol. The number of aryl methyl sites for hydroxylation is 2. The van der Waals surface area contributed by atoms with Crippen LogP contribution in [0.2, 0.25) is 0 Å². The van der Waals surface area contributed by atoms with E-state index in [0.29, 0.717) is 6.04 Å². The molecule has 1 saturated carbocycles. The number of benzene rings is 2. The summed E-state index contributed by atoms with van der Waals surface area (Å²) in [5.74, 6) is 0.178. The van der Waals surface area contributed by atoms with Crippen LogP contribution >= 0.6 is 0 Å². The van der Waals surface area contributed by atoms with E-state index in [1.165, 1.54) is 16.8 Å². The molecule has 33 heavy (non-hydrogen) atoms. The van der Waals surface area contributed by atoms with Gasteiger partial charge in [0, 0.05) is 36.9 Å². The Hall–Kier alpha value is -3.34. The number of hydrogen-bond acceptors (Lipinski definition) is 3. The van der Waals surface area contributed by atoms with Crippen LogP contribution in [0.3, 0.4) is 0 Å². The van der Waals surface area contributed by atoms with Crippen molar-refractivity contribution in [3.8, 4) is 0 Å². The maximum atomic E-state index is 13.9. The Bertz CT molecular complexity index is 1090. The Labute approximate surface area is 196 Å². The molecule has 0 radical (unpaired) electrons. The number of hydrogen-bond donors (Lipinski definition) is 1. The normalized spacial score (nSPS) is 18.0. The highest BCUT2D eigenvalue weighted by molar-refractivity contribution is 5.98. The summed E-state index contributed by atoms with van der Waals surface area (Å²) in [5, 5.41) is 7.35. The Morgan fingerprint density at radius 3 is 2.55 bits per heavy atom. The minimum atomic E-state index is 0.178. The molecule has 2 aromatic carbocycles. The van der Waals surface area contributed by atoms with E-state index in [1.54, 1.807) is 0 Å². The molecule has 0 bridgehead atoms. The van der Waals surface area contributed by atoms with Crippen molar-refractivity contribution < 1.29 is 4.79 Å². The average molecular weight is 441 g/mol. The first-order chi connectivity index (χ1) is 16.2. The lowest BCUT2D eigenvalue weighted by Gasteiger charge is -2.32. The first-order valence-electron chi connectivity index (χ1n) is 12.0. The lowest BCUT2D eigenvalue weighted by Crippen LogP contribution is -2.42. The second-order valence-corrected chi connectivity index (χ2v) is 9.35. The number of nitrogens with zero attached hydrogens (tertiary/aromatic N) is 3. The maximum absolute atomic E-state index is 13.9. The second-order valence-electron chi connectivity index (χ2n) is 9.35. The molecule has 2 aliphatic carbocycles. The molecule has 1 aromatic heterocycles. The van der Waals surface area contributed by atoms with Crippen molar-refractivity contribution in [1.29, 1.82) is 0 Å². The average Bonchev–Trinajstić information content (AvgIpc) is 3.61. The summed E-state index contributed by atoms with van der Waals surface area (Å²) >= 11 is 0. The van der Waals surface area contributed by atoms with Gasteiger partial charge in [-0.05, 0) is 73.6 Å². The number of amides is 1. The molecule has 1 amide bonds. The predicted molar refractivity (Wildman–Crippen MR) is 132 cm³/mol. The number of aromatic nitrogens is 2. The smallest absolute Gasteiger partial charge is 0.254 e. The molecule has 5 heteroatoms. The number of rotatable bonds is 7. The number of H-pyrrole nitrogens is 1. The zero-order chi connectivity index (χ0) is 22.6. The Morgan fingerprint density at radius 2 is 1.73 bits per heavy atom. The highest BCUT2D eigenvalue weighted by Gasteiger charge is 2.38.